The van der Waals surface area contributed by atoms with Crippen LogP contribution in [0.3, 0.4) is 0 Å². The number of hydrogen-bond acceptors (Lipinski definition) is 3. The SMILES string of the molecule is NC1CCC(C(=O)NCCO)CC1. The van der Waals surface area contributed by atoms with E-state index in [0.717, 1.165) is 25.7 Å². The highest BCUT2D eigenvalue weighted by Gasteiger charge is 2.23. The lowest BCUT2D eigenvalue weighted by molar-refractivity contribution is -0.126. The number of carbonyl (C=O) groups excluding carboxylic acids is 1. The van der Waals surface area contributed by atoms with E-state index in [-0.39, 0.29) is 24.5 Å². The van der Waals surface area contributed by atoms with Crippen LogP contribution in [0.5, 0.6) is 0 Å². The maximum Gasteiger partial charge on any atom is 0.223 e. The number of aliphatic hydroxyl groups excluding tert-OH is 1. The van der Waals surface area contributed by atoms with E-state index in [1.807, 2.05) is 0 Å². The predicted octanol–water partition coefficient (Wildman–Crippen LogP) is -0.388. The Balaban J connectivity index is 2.23. The largest absolute Gasteiger partial charge is 0.395 e. The molecule has 4 N–H and O–H groups in total. The van der Waals surface area contributed by atoms with Gasteiger partial charge in [0.25, 0.3) is 0 Å². The Kier molecular flexibility index (Phi) is 4.18. The number of rotatable bonds is 3. The summed E-state index contributed by atoms with van der Waals surface area (Å²) in [5.41, 5.74) is 5.73. The van der Waals surface area contributed by atoms with Crippen LogP contribution in [0.25, 0.3) is 0 Å². The molecule has 76 valence electrons. The summed E-state index contributed by atoms with van der Waals surface area (Å²) in [6.45, 7) is 0.374. The molecule has 1 rings (SSSR count). The van der Waals surface area contributed by atoms with E-state index in [9.17, 15) is 4.79 Å². The zero-order chi connectivity index (χ0) is 9.68. The molecule has 0 aromatic rings. The van der Waals surface area contributed by atoms with Gasteiger partial charge in [0.15, 0.2) is 0 Å². The molecular formula is C9H18N2O2. The Hall–Kier alpha value is -0.610. The van der Waals surface area contributed by atoms with Crippen LogP contribution in [0, 0.1) is 5.92 Å². The summed E-state index contributed by atoms with van der Waals surface area (Å²) in [5.74, 6) is 0.187. The molecule has 0 aliphatic heterocycles. The number of nitrogens with two attached hydrogens (primary N) is 1. The van der Waals surface area contributed by atoms with Crippen molar-refractivity contribution in [2.75, 3.05) is 13.2 Å². The van der Waals surface area contributed by atoms with Crippen molar-refractivity contribution in [2.24, 2.45) is 11.7 Å². The molecule has 0 saturated heterocycles. The lowest BCUT2D eigenvalue weighted by atomic mass is 9.86. The minimum atomic E-state index is 0.0119. The van der Waals surface area contributed by atoms with Gasteiger partial charge in [0.05, 0.1) is 6.61 Å². The molecule has 1 fully saturated rings. The summed E-state index contributed by atoms with van der Waals surface area (Å²) in [6.07, 6.45) is 3.66. The van der Waals surface area contributed by atoms with Gasteiger partial charge in [-0.25, -0.2) is 0 Å². The molecule has 0 atom stereocenters. The number of hydrogen-bond donors (Lipinski definition) is 3. The van der Waals surface area contributed by atoms with Crippen LogP contribution in [-0.2, 0) is 4.79 Å². The van der Waals surface area contributed by atoms with Gasteiger partial charge in [-0.2, -0.15) is 0 Å². The number of nitrogens with one attached hydrogen (secondary N) is 1. The van der Waals surface area contributed by atoms with E-state index in [0.29, 0.717) is 6.54 Å². The molecule has 1 aliphatic rings. The number of amides is 1. The normalized spacial score (nSPS) is 28.5. The second-order valence-corrected chi connectivity index (χ2v) is 3.63. The molecule has 4 nitrogen and oxygen atoms in total. The van der Waals surface area contributed by atoms with Crippen molar-refractivity contribution in [2.45, 2.75) is 31.7 Å². The predicted molar refractivity (Wildman–Crippen MR) is 50.0 cm³/mol. The first-order valence-electron chi connectivity index (χ1n) is 4.88. The van der Waals surface area contributed by atoms with Gasteiger partial charge < -0.3 is 16.2 Å². The third kappa shape index (κ3) is 3.32. The third-order valence-corrected chi connectivity index (χ3v) is 2.55. The van der Waals surface area contributed by atoms with Crippen molar-refractivity contribution in [1.29, 1.82) is 0 Å². The van der Waals surface area contributed by atoms with Gasteiger partial charge in [0, 0.05) is 18.5 Å². The Morgan fingerprint density at radius 1 is 1.38 bits per heavy atom. The molecule has 0 heterocycles. The van der Waals surface area contributed by atoms with Gasteiger partial charge in [-0.1, -0.05) is 0 Å². The van der Waals surface area contributed by atoms with E-state index >= 15 is 0 Å². The van der Waals surface area contributed by atoms with Crippen LogP contribution in [0.1, 0.15) is 25.7 Å². The van der Waals surface area contributed by atoms with E-state index < -0.39 is 0 Å². The summed E-state index contributed by atoms with van der Waals surface area (Å²) in [5, 5.41) is 11.2. The monoisotopic (exact) mass is 186 g/mol. The molecular weight excluding hydrogens is 168 g/mol. The first kappa shape index (κ1) is 10.5. The van der Waals surface area contributed by atoms with E-state index in [1.165, 1.54) is 0 Å². The average Bonchev–Trinajstić information content (AvgIpc) is 2.15. The Morgan fingerprint density at radius 3 is 2.54 bits per heavy atom. The maximum atomic E-state index is 11.4. The third-order valence-electron chi connectivity index (χ3n) is 2.55. The molecule has 0 unspecified atom stereocenters. The zero-order valence-corrected chi connectivity index (χ0v) is 7.83. The summed E-state index contributed by atoms with van der Waals surface area (Å²) in [6, 6.07) is 0.280. The molecule has 0 aromatic heterocycles. The fourth-order valence-electron chi connectivity index (χ4n) is 1.70. The lowest BCUT2D eigenvalue weighted by Gasteiger charge is -2.24. The molecule has 0 aromatic carbocycles. The highest BCUT2D eigenvalue weighted by Crippen LogP contribution is 2.22. The molecule has 13 heavy (non-hydrogen) atoms. The van der Waals surface area contributed by atoms with Gasteiger partial charge in [0.1, 0.15) is 0 Å². The van der Waals surface area contributed by atoms with Crippen molar-refractivity contribution in [1.82, 2.24) is 5.32 Å². The van der Waals surface area contributed by atoms with Crippen molar-refractivity contribution in [3.63, 3.8) is 0 Å². The fraction of sp³-hybridized carbons (Fsp3) is 0.889. The van der Waals surface area contributed by atoms with Crippen LogP contribution < -0.4 is 11.1 Å². The Morgan fingerprint density at radius 2 is 2.00 bits per heavy atom. The molecule has 1 saturated carbocycles. The van der Waals surface area contributed by atoms with E-state index in [1.54, 1.807) is 0 Å². The van der Waals surface area contributed by atoms with Crippen LogP contribution in [0.4, 0.5) is 0 Å². The van der Waals surface area contributed by atoms with Gasteiger partial charge in [-0.15, -0.1) is 0 Å². The highest BCUT2D eigenvalue weighted by molar-refractivity contribution is 5.78. The maximum absolute atomic E-state index is 11.4. The van der Waals surface area contributed by atoms with Crippen LogP contribution in [0.15, 0.2) is 0 Å². The smallest absolute Gasteiger partial charge is 0.223 e. The van der Waals surface area contributed by atoms with Crippen molar-refractivity contribution >= 4 is 5.91 Å². The van der Waals surface area contributed by atoms with Crippen molar-refractivity contribution in [3.8, 4) is 0 Å². The van der Waals surface area contributed by atoms with Crippen LogP contribution in [-0.4, -0.2) is 30.2 Å². The average molecular weight is 186 g/mol. The van der Waals surface area contributed by atoms with Gasteiger partial charge in [-0.3, -0.25) is 4.79 Å². The van der Waals surface area contributed by atoms with Gasteiger partial charge in [-0.05, 0) is 25.7 Å². The van der Waals surface area contributed by atoms with Crippen molar-refractivity contribution < 1.29 is 9.90 Å². The van der Waals surface area contributed by atoms with Crippen LogP contribution in [0.2, 0.25) is 0 Å². The number of carbonyl (C=O) groups is 1. The molecule has 0 bridgehead atoms. The Bertz CT molecular complexity index is 165. The summed E-state index contributed by atoms with van der Waals surface area (Å²) < 4.78 is 0. The zero-order valence-electron chi connectivity index (χ0n) is 7.83. The standard InChI is InChI=1S/C9H18N2O2/c10-8-3-1-7(2-4-8)9(13)11-5-6-12/h7-8,12H,1-6,10H2,(H,11,13). The molecule has 1 aliphatic carbocycles. The fourth-order valence-corrected chi connectivity index (χ4v) is 1.70. The minimum absolute atomic E-state index is 0.0119. The summed E-state index contributed by atoms with van der Waals surface area (Å²) in [7, 11) is 0. The second-order valence-electron chi connectivity index (χ2n) is 3.63. The molecule has 1 amide bonds. The molecule has 0 radical (unpaired) electrons. The highest BCUT2D eigenvalue weighted by atomic mass is 16.3. The number of aliphatic hydroxyl groups is 1. The van der Waals surface area contributed by atoms with Crippen LogP contribution >= 0.6 is 0 Å². The lowest BCUT2D eigenvalue weighted by Crippen LogP contribution is -2.37. The molecule has 4 heteroatoms. The molecule has 0 spiro atoms. The second kappa shape index (κ2) is 5.19. The first-order valence-corrected chi connectivity index (χ1v) is 4.88. The summed E-state index contributed by atoms with van der Waals surface area (Å²) in [4.78, 5) is 11.4. The van der Waals surface area contributed by atoms with E-state index in [2.05, 4.69) is 5.32 Å². The quantitative estimate of drug-likeness (QED) is 0.562. The topological polar surface area (TPSA) is 75.4 Å². The van der Waals surface area contributed by atoms with Gasteiger partial charge in [0.2, 0.25) is 5.91 Å². The van der Waals surface area contributed by atoms with Gasteiger partial charge >= 0.3 is 0 Å². The Labute approximate surface area is 78.5 Å². The summed E-state index contributed by atoms with van der Waals surface area (Å²) >= 11 is 0. The van der Waals surface area contributed by atoms with Crippen molar-refractivity contribution in [3.05, 3.63) is 0 Å². The first-order chi connectivity index (χ1) is 6.24. The van der Waals surface area contributed by atoms with E-state index in [4.69, 9.17) is 10.8 Å². The minimum Gasteiger partial charge on any atom is -0.395 e.